The summed E-state index contributed by atoms with van der Waals surface area (Å²) in [4.78, 5) is 0. The number of aliphatic hydroxyl groups excluding tert-OH is 1. The first kappa shape index (κ1) is 12.8. The number of rotatable bonds is 5. The highest BCUT2D eigenvalue weighted by molar-refractivity contribution is 5.29. The highest BCUT2D eigenvalue weighted by atomic mass is 16.5. The van der Waals surface area contributed by atoms with Crippen LogP contribution in [-0.4, -0.2) is 17.8 Å². The lowest BCUT2D eigenvalue weighted by molar-refractivity contribution is -0.0121. The summed E-state index contributed by atoms with van der Waals surface area (Å²) in [6.07, 6.45) is -0.315. The largest absolute Gasteiger partial charge is 0.394 e. The minimum atomic E-state index is -0.185. The Morgan fingerprint density at radius 3 is 1.72 bits per heavy atom. The lowest BCUT2D eigenvalue weighted by atomic mass is 10.0. The van der Waals surface area contributed by atoms with E-state index in [-0.39, 0.29) is 18.8 Å². The molecule has 0 spiro atoms. The fraction of sp³-hybridized carbons (Fsp3) is 0.250. The minimum absolute atomic E-state index is 0.0240. The fourth-order valence-corrected chi connectivity index (χ4v) is 1.88. The molecule has 0 radical (unpaired) electrons. The van der Waals surface area contributed by atoms with Crippen LogP contribution in [0.4, 0.5) is 0 Å². The van der Waals surface area contributed by atoms with E-state index >= 15 is 0 Å². The van der Waals surface area contributed by atoms with Crippen molar-refractivity contribution in [1.29, 1.82) is 0 Å². The topological polar surface area (TPSA) is 29.5 Å². The molecule has 2 aromatic carbocycles. The summed E-state index contributed by atoms with van der Waals surface area (Å²) in [6, 6.07) is 20.1. The van der Waals surface area contributed by atoms with E-state index in [1.165, 1.54) is 0 Å². The van der Waals surface area contributed by atoms with Gasteiger partial charge in [0, 0.05) is 0 Å². The van der Waals surface area contributed by atoms with Crippen molar-refractivity contribution in [2.45, 2.75) is 19.1 Å². The van der Waals surface area contributed by atoms with Crippen LogP contribution in [0, 0.1) is 0 Å². The first-order valence-corrected chi connectivity index (χ1v) is 6.17. The Balaban J connectivity index is 2.29. The minimum Gasteiger partial charge on any atom is -0.394 e. The van der Waals surface area contributed by atoms with Gasteiger partial charge in [-0.25, -0.2) is 0 Å². The summed E-state index contributed by atoms with van der Waals surface area (Å²) in [5.41, 5.74) is 2.20. The van der Waals surface area contributed by atoms with E-state index in [2.05, 4.69) is 0 Å². The molecule has 0 bridgehead atoms. The van der Waals surface area contributed by atoms with Crippen molar-refractivity contribution >= 4 is 0 Å². The van der Waals surface area contributed by atoms with Gasteiger partial charge >= 0.3 is 0 Å². The van der Waals surface area contributed by atoms with Crippen LogP contribution in [0.3, 0.4) is 0 Å². The van der Waals surface area contributed by atoms with Gasteiger partial charge in [0.25, 0.3) is 0 Å². The van der Waals surface area contributed by atoms with Crippen molar-refractivity contribution in [1.82, 2.24) is 0 Å². The van der Waals surface area contributed by atoms with Crippen molar-refractivity contribution < 1.29 is 9.84 Å². The van der Waals surface area contributed by atoms with Crippen molar-refractivity contribution in [3.63, 3.8) is 0 Å². The van der Waals surface area contributed by atoms with E-state index in [9.17, 15) is 0 Å². The van der Waals surface area contributed by atoms with Gasteiger partial charge in [-0.1, -0.05) is 60.7 Å². The van der Waals surface area contributed by atoms with Crippen LogP contribution in [0.1, 0.15) is 24.2 Å². The number of hydrogen-bond acceptors (Lipinski definition) is 2. The smallest absolute Gasteiger partial charge is 0.108 e. The molecule has 0 saturated heterocycles. The Hall–Kier alpha value is -1.64. The van der Waals surface area contributed by atoms with E-state index < -0.39 is 0 Å². The summed E-state index contributed by atoms with van der Waals surface area (Å²) in [5, 5.41) is 9.15. The second kappa shape index (κ2) is 6.34. The monoisotopic (exact) mass is 242 g/mol. The molecule has 94 valence electrons. The maximum absolute atomic E-state index is 9.15. The molecule has 0 aliphatic heterocycles. The van der Waals surface area contributed by atoms with Gasteiger partial charge in [-0.05, 0) is 18.1 Å². The Bertz CT molecular complexity index is 414. The molecule has 1 atom stereocenters. The van der Waals surface area contributed by atoms with Crippen molar-refractivity contribution in [2.24, 2.45) is 0 Å². The average molecular weight is 242 g/mol. The van der Waals surface area contributed by atoms with Gasteiger partial charge in [0.2, 0.25) is 0 Å². The molecule has 0 amide bonds. The van der Waals surface area contributed by atoms with E-state index in [0.717, 1.165) is 11.1 Å². The molecule has 2 heteroatoms. The summed E-state index contributed by atoms with van der Waals surface area (Å²) >= 11 is 0. The molecule has 0 aromatic heterocycles. The molecule has 2 aromatic rings. The third-order valence-corrected chi connectivity index (χ3v) is 2.83. The first-order chi connectivity index (χ1) is 8.81. The Morgan fingerprint density at radius 2 is 1.33 bits per heavy atom. The first-order valence-electron chi connectivity index (χ1n) is 6.17. The van der Waals surface area contributed by atoms with E-state index in [4.69, 9.17) is 9.84 Å². The van der Waals surface area contributed by atoms with Gasteiger partial charge in [-0.15, -0.1) is 0 Å². The van der Waals surface area contributed by atoms with Crippen molar-refractivity contribution in [3.8, 4) is 0 Å². The second-order valence-electron chi connectivity index (χ2n) is 4.33. The number of hydrogen-bond donors (Lipinski definition) is 1. The maximum Gasteiger partial charge on any atom is 0.108 e. The molecule has 2 nitrogen and oxygen atoms in total. The molecule has 1 N–H and O–H groups in total. The van der Waals surface area contributed by atoms with E-state index in [1.807, 2.05) is 67.6 Å². The molecule has 2 rings (SSSR count). The Labute approximate surface area is 108 Å². The van der Waals surface area contributed by atoms with Crippen LogP contribution in [0.25, 0.3) is 0 Å². The zero-order chi connectivity index (χ0) is 12.8. The van der Waals surface area contributed by atoms with Crippen LogP contribution in [0.5, 0.6) is 0 Å². The van der Waals surface area contributed by atoms with Crippen molar-refractivity contribution in [2.75, 3.05) is 6.61 Å². The SMILES string of the molecule is C[C@@H](CO)OC(c1ccccc1)c1ccccc1. The molecule has 0 aliphatic rings. The molecule has 0 aliphatic carbocycles. The quantitative estimate of drug-likeness (QED) is 0.872. The van der Waals surface area contributed by atoms with Gasteiger partial charge < -0.3 is 9.84 Å². The van der Waals surface area contributed by atoms with Gasteiger partial charge in [0.1, 0.15) is 6.10 Å². The second-order valence-corrected chi connectivity index (χ2v) is 4.33. The molecular formula is C16H18O2. The highest BCUT2D eigenvalue weighted by Gasteiger charge is 2.16. The number of ether oxygens (including phenoxy) is 1. The van der Waals surface area contributed by atoms with Crippen LogP contribution in [0.2, 0.25) is 0 Å². The summed E-state index contributed by atoms with van der Waals surface area (Å²) in [5.74, 6) is 0. The Morgan fingerprint density at radius 1 is 0.889 bits per heavy atom. The van der Waals surface area contributed by atoms with Gasteiger partial charge in [0.15, 0.2) is 0 Å². The van der Waals surface area contributed by atoms with Crippen LogP contribution >= 0.6 is 0 Å². The highest BCUT2D eigenvalue weighted by Crippen LogP contribution is 2.26. The standard InChI is InChI=1S/C16H18O2/c1-13(12-17)18-16(14-8-4-2-5-9-14)15-10-6-3-7-11-15/h2-11,13,16-17H,12H2,1H3/t13-/m0/s1. The lowest BCUT2D eigenvalue weighted by Gasteiger charge is -2.22. The van der Waals surface area contributed by atoms with E-state index in [1.54, 1.807) is 0 Å². The van der Waals surface area contributed by atoms with E-state index in [0.29, 0.717) is 0 Å². The summed E-state index contributed by atoms with van der Waals surface area (Å²) in [6.45, 7) is 1.90. The van der Waals surface area contributed by atoms with Gasteiger partial charge in [-0.3, -0.25) is 0 Å². The third-order valence-electron chi connectivity index (χ3n) is 2.83. The fourth-order valence-electron chi connectivity index (χ4n) is 1.88. The summed E-state index contributed by atoms with van der Waals surface area (Å²) in [7, 11) is 0. The molecule has 0 fully saturated rings. The summed E-state index contributed by atoms with van der Waals surface area (Å²) < 4.78 is 5.92. The van der Waals surface area contributed by atoms with Crippen molar-refractivity contribution in [3.05, 3.63) is 71.8 Å². The molecular weight excluding hydrogens is 224 g/mol. The number of benzene rings is 2. The normalized spacial score (nSPS) is 12.6. The molecule has 0 heterocycles. The zero-order valence-electron chi connectivity index (χ0n) is 10.5. The van der Waals surface area contributed by atoms with Gasteiger partial charge in [-0.2, -0.15) is 0 Å². The Kier molecular flexibility index (Phi) is 4.51. The third kappa shape index (κ3) is 3.19. The average Bonchev–Trinajstić information content (AvgIpc) is 2.46. The van der Waals surface area contributed by atoms with Gasteiger partial charge in [0.05, 0.1) is 12.7 Å². The van der Waals surface area contributed by atoms with Crippen LogP contribution in [0.15, 0.2) is 60.7 Å². The maximum atomic E-state index is 9.15. The van der Waals surface area contributed by atoms with Crippen LogP contribution in [-0.2, 0) is 4.74 Å². The number of aliphatic hydroxyl groups is 1. The van der Waals surface area contributed by atoms with Crippen LogP contribution < -0.4 is 0 Å². The predicted octanol–water partition coefficient (Wildman–Crippen LogP) is 3.17. The molecule has 0 unspecified atom stereocenters. The molecule has 0 saturated carbocycles. The zero-order valence-corrected chi connectivity index (χ0v) is 10.5. The predicted molar refractivity (Wildman–Crippen MR) is 72.4 cm³/mol. The molecule has 18 heavy (non-hydrogen) atoms. The lowest BCUT2D eigenvalue weighted by Crippen LogP contribution is -2.18.